The van der Waals surface area contributed by atoms with Crippen LogP contribution in [0.3, 0.4) is 0 Å². The monoisotopic (exact) mass is 525 g/mol. The van der Waals surface area contributed by atoms with E-state index < -0.39 is 0 Å². The molecule has 1 saturated heterocycles. The number of halogens is 2. The molecule has 0 radical (unpaired) electrons. The quantitative estimate of drug-likeness (QED) is 0.358. The molecule has 3 aromatic rings. The standard InChI is InChI=1S/C28H29Cl2N3O3/c1-19-16-32(28(18-35)21-5-9-23(31-2)10-6-21)17-27(20-3-7-22(29)8-4-20)33(19)26-12-11-24(15-25(26)30)36-14-13-34/h3-12,15,19,27-28,34-35H,13-14,16-18H2,1H3/t19-,27-,28+/m0/s1. The second kappa shape index (κ2) is 12.0. The summed E-state index contributed by atoms with van der Waals surface area (Å²) in [7, 11) is 0. The number of aliphatic hydroxyl groups is 2. The zero-order chi connectivity index (χ0) is 25.7. The predicted molar refractivity (Wildman–Crippen MR) is 144 cm³/mol. The van der Waals surface area contributed by atoms with E-state index in [4.69, 9.17) is 39.6 Å². The van der Waals surface area contributed by atoms with Gasteiger partial charge < -0.3 is 19.8 Å². The van der Waals surface area contributed by atoms with Crippen molar-refractivity contribution in [2.45, 2.75) is 25.0 Å². The number of benzene rings is 3. The molecular formula is C28H29Cl2N3O3. The van der Waals surface area contributed by atoms with Crippen LogP contribution in [0.15, 0.2) is 66.7 Å². The topological polar surface area (TPSA) is 60.5 Å². The van der Waals surface area contributed by atoms with Crippen LogP contribution in [0, 0.1) is 6.57 Å². The third kappa shape index (κ3) is 5.78. The van der Waals surface area contributed by atoms with Crippen molar-refractivity contribution < 1.29 is 14.9 Å². The van der Waals surface area contributed by atoms with Crippen LogP contribution in [-0.2, 0) is 0 Å². The summed E-state index contributed by atoms with van der Waals surface area (Å²) < 4.78 is 5.54. The molecule has 188 valence electrons. The van der Waals surface area contributed by atoms with E-state index in [1.165, 1.54) is 0 Å². The summed E-state index contributed by atoms with van der Waals surface area (Å²) in [6.07, 6.45) is 0. The summed E-state index contributed by atoms with van der Waals surface area (Å²) in [5.41, 5.74) is 3.53. The fourth-order valence-corrected chi connectivity index (χ4v) is 5.28. The van der Waals surface area contributed by atoms with Crippen molar-refractivity contribution in [3.63, 3.8) is 0 Å². The zero-order valence-corrected chi connectivity index (χ0v) is 21.5. The fourth-order valence-electron chi connectivity index (χ4n) is 4.88. The van der Waals surface area contributed by atoms with Crippen molar-refractivity contribution in [1.82, 2.24) is 4.90 Å². The molecule has 0 spiro atoms. The van der Waals surface area contributed by atoms with Gasteiger partial charge in [0, 0.05) is 30.2 Å². The lowest BCUT2D eigenvalue weighted by molar-refractivity contribution is 0.0895. The number of rotatable bonds is 8. The molecule has 0 amide bonds. The van der Waals surface area contributed by atoms with Gasteiger partial charge in [-0.1, -0.05) is 59.6 Å². The van der Waals surface area contributed by atoms with Crippen molar-refractivity contribution >= 4 is 34.6 Å². The average molecular weight is 526 g/mol. The first-order chi connectivity index (χ1) is 17.4. The number of nitrogens with zero attached hydrogens (tertiary/aromatic N) is 3. The maximum absolute atomic E-state index is 10.4. The summed E-state index contributed by atoms with van der Waals surface area (Å²) in [4.78, 5) is 8.08. The van der Waals surface area contributed by atoms with E-state index in [-0.39, 0.29) is 37.9 Å². The van der Waals surface area contributed by atoms with Crippen molar-refractivity contribution in [3.8, 4) is 5.75 Å². The van der Waals surface area contributed by atoms with E-state index in [0.717, 1.165) is 16.8 Å². The summed E-state index contributed by atoms with van der Waals surface area (Å²) in [6.45, 7) is 10.8. The third-order valence-electron chi connectivity index (χ3n) is 6.55. The van der Waals surface area contributed by atoms with Gasteiger partial charge in [0.1, 0.15) is 12.4 Å². The van der Waals surface area contributed by atoms with Crippen LogP contribution < -0.4 is 9.64 Å². The summed E-state index contributed by atoms with van der Waals surface area (Å²) in [6, 6.07) is 20.7. The summed E-state index contributed by atoms with van der Waals surface area (Å²) >= 11 is 12.9. The Morgan fingerprint density at radius 3 is 2.36 bits per heavy atom. The van der Waals surface area contributed by atoms with Gasteiger partial charge in [0.05, 0.1) is 42.6 Å². The first-order valence-corrected chi connectivity index (χ1v) is 12.6. The minimum atomic E-state index is -0.200. The molecule has 0 aliphatic carbocycles. The van der Waals surface area contributed by atoms with E-state index in [9.17, 15) is 5.11 Å². The van der Waals surface area contributed by atoms with E-state index in [1.807, 2.05) is 48.5 Å². The van der Waals surface area contributed by atoms with Crippen LogP contribution in [-0.4, -0.2) is 54.1 Å². The van der Waals surface area contributed by atoms with Crippen molar-refractivity contribution in [3.05, 3.63) is 99.3 Å². The highest BCUT2D eigenvalue weighted by molar-refractivity contribution is 6.33. The van der Waals surface area contributed by atoms with Gasteiger partial charge >= 0.3 is 0 Å². The molecule has 2 N–H and O–H groups in total. The Balaban J connectivity index is 1.69. The summed E-state index contributed by atoms with van der Waals surface area (Å²) in [5, 5.41) is 20.7. The Kier molecular flexibility index (Phi) is 8.73. The minimum absolute atomic E-state index is 0.0327. The van der Waals surface area contributed by atoms with Gasteiger partial charge in [-0.25, -0.2) is 4.85 Å². The molecule has 1 heterocycles. The van der Waals surface area contributed by atoms with Gasteiger partial charge in [0.2, 0.25) is 0 Å². The number of aliphatic hydroxyl groups excluding tert-OH is 2. The fraction of sp³-hybridized carbons (Fsp3) is 0.321. The van der Waals surface area contributed by atoms with Gasteiger partial charge in [-0.15, -0.1) is 0 Å². The molecule has 3 aromatic carbocycles. The Hall–Kier alpha value is -2.79. The molecule has 0 aromatic heterocycles. The van der Waals surface area contributed by atoms with Crippen LogP contribution >= 0.6 is 23.2 Å². The molecule has 0 saturated carbocycles. The second-order valence-electron chi connectivity index (χ2n) is 8.86. The van der Waals surface area contributed by atoms with Crippen molar-refractivity contribution in [1.29, 1.82) is 0 Å². The zero-order valence-electron chi connectivity index (χ0n) is 20.0. The SMILES string of the molecule is [C-]#[N+]c1ccc([C@@H](CO)N2C[C@H](C)N(c3ccc(OCCO)cc3Cl)[C@H](c3ccc(Cl)cc3)C2)cc1. The van der Waals surface area contributed by atoms with Gasteiger partial charge in [-0.3, -0.25) is 4.90 Å². The molecule has 1 fully saturated rings. The third-order valence-corrected chi connectivity index (χ3v) is 7.10. The van der Waals surface area contributed by atoms with Crippen molar-refractivity contribution in [2.24, 2.45) is 0 Å². The number of anilines is 1. The summed E-state index contributed by atoms with van der Waals surface area (Å²) in [5.74, 6) is 0.607. The van der Waals surface area contributed by atoms with Crippen LogP contribution in [0.1, 0.15) is 30.1 Å². The molecule has 6 nitrogen and oxygen atoms in total. The van der Waals surface area contributed by atoms with Crippen LogP contribution in [0.5, 0.6) is 5.75 Å². The van der Waals surface area contributed by atoms with Gasteiger partial charge in [-0.05, 0) is 42.3 Å². The molecule has 8 heteroatoms. The molecule has 0 unspecified atom stereocenters. The molecule has 36 heavy (non-hydrogen) atoms. The minimum Gasteiger partial charge on any atom is -0.491 e. The lowest BCUT2D eigenvalue weighted by Gasteiger charge is -2.49. The second-order valence-corrected chi connectivity index (χ2v) is 9.71. The first kappa shape index (κ1) is 26.3. The van der Waals surface area contributed by atoms with E-state index in [0.29, 0.717) is 34.6 Å². The Morgan fingerprint density at radius 1 is 1.03 bits per heavy atom. The molecular weight excluding hydrogens is 497 g/mol. The Morgan fingerprint density at radius 2 is 1.75 bits per heavy atom. The maximum atomic E-state index is 10.4. The van der Waals surface area contributed by atoms with E-state index in [1.54, 1.807) is 18.2 Å². The maximum Gasteiger partial charge on any atom is 0.187 e. The molecule has 0 bridgehead atoms. The molecule has 3 atom stereocenters. The largest absolute Gasteiger partial charge is 0.491 e. The van der Waals surface area contributed by atoms with Crippen LogP contribution in [0.2, 0.25) is 10.0 Å². The number of piperazine rings is 1. The Bertz CT molecular complexity index is 1200. The average Bonchev–Trinajstić information content (AvgIpc) is 2.89. The number of hydrogen-bond acceptors (Lipinski definition) is 5. The lowest BCUT2D eigenvalue weighted by Crippen LogP contribution is -2.55. The molecule has 1 aliphatic heterocycles. The van der Waals surface area contributed by atoms with E-state index >= 15 is 0 Å². The Labute approximate surface area is 222 Å². The first-order valence-electron chi connectivity index (χ1n) is 11.8. The number of ether oxygens (including phenoxy) is 1. The number of hydrogen-bond donors (Lipinski definition) is 2. The predicted octanol–water partition coefficient (Wildman–Crippen LogP) is 5.90. The van der Waals surface area contributed by atoms with Gasteiger partial charge in [0.15, 0.2) is 5.69 Å². The van der Waals surface area contributed by atoms with Gasteiger partial charge in [-0.2, -0.15) is 0 Å². The van der Waals surface area contributed by atoms with Crippen molar-refractivity contribution in [2.75, 3.05) is 37.8 Å². The lowest BCUT2D eigenvalue weighted by atomic mass is 9.95. The molecule has 4 rings (SSSR count). The van der Waals surface area contributed by atoms with E-state index in [2.05, 4.69) is 21.6 Å². The smallest absolute Gasteiger partial charge is 0.187 e. The molecule has 1 aliphatic rings. The van der Waals surface area contributed by atoms with Crippen LogP contribution in [0.4, 0.5) is 11.4 Å². The highest BCUT2D eigenvalue weighted by Gasteiger charge is 2.37. The highest BCUT2D eigenvalue weighted by atomic mass is 35.5. The van der Waals surface area contributed by atoms with Crippen LogP contribution in [0.25, 0.3) is 4.85 Å². The normalized spacial score (nSPS) is 19.1. The highest BCUT2D eigenvalue weighted by Crippen LogP contribution is 2.41. The van der Waals surface area contributed by atoms with Gasteiger partial charge in [0.25, 0.3) is 0 Å².